The lowest BCUT2D eigenvalue weighted by molar-refractivity contribution is -0.138. The first kappa shape index (κ1) is 19.7. The van der Waals surface area contributed by atoms with Gasteiger partial charge in [0.1, 0.15) is 5.82 Å². The molecule has 0 atom stereocenters. The highest BCUT2D eigenvalue weighted by Crippen LogP contribution is 2.32. The van der Waals surface area contributed by atoms with Crippen molar-refractivity contribution in [3.8, 4) is 0 Å². The van der Waals surface area contributed by atoms with E-state index >= 15 is 0 Å². The van der Waals surface area contributed by atoms with Gasteiger partial charge in [0, 0.05) is 38.4 Å². The van der Waals surface area contributed by atoms with Gasteiger partial charge < -0.3 is 10.6 Å². The van der Waals surface area contributed by atoms with Crippen molar-refractivity contribution >= 4 is 5.96 Å². The van der Waals surface area contributed by atoms with Crippen molar-refractivity contribution in [1.29, 1.82) is 0 Å². The quantitative estimate of drug-likeness (QED) is 0.493. The number of aryl methyl sites for hydroxylation is 2. The minimum atomic E-state index is -4.63. The second-order valence-corrected chi connectivity index (χ2v) is 5.85. The van der Waals surface area contributed by atoms with E-state index in [-0.39, 0.29) is 12.1 Å². The van der Waals surface area contributed by atoms with E-state index in [0.29, 0.717) is 18.6 Å². The molecule has 0 aliphatic heterocycles. The Labute approximate surface area is 149 Å². The minimum Gasteiger partial charge on any atom is -0.352 e. The number of guanidine groups is 1. The van der Waals surface area contributed by atoms with E-state index in [1.807, 2.05) is 20.9 Å². The van der Waals surface area contributed by atoms with Crippen molar-refractivity contribution in [2.45, 2.75) is 33.1 Å². The zero-order valence-corrected chi connectivity index (χ0v) is 15.0. The first-order valence-corrected chi connectivity index (χ1v) is 7.92. The van der Waals surface area contributed by atoms with Crippen LogP contribution in [0.15, 0.2) is 23.2 Å². The molecule has 0 bridgehead atoms. The van der Waals surface area contributed by atoms with E-state index in [0.717, 1.165) is 29.1 Å². The van der Waals surface area contributed by atoms with Crippen molar-refractivity contribution < 1.29 is 17.6 Å². The summed E-state index contributed by atoms with van der Waals surface area (Å²) in [6.45, 7) is 4.11. The fourth-order valence-electron chi connectivity index (χ4n) is 2.61. The predicted molar refractivity (Wildman–Crippen MR) is 91.1 cm³/mol. The van der Waals surface area contributed by atoms with Crippen molar-refractivity contribution in [1.82, 2.24) is 20.4 Å². The average molecular weight is 371 g/mol. The number of hydrogen-bond acceptors (Lipinski definition) is 2. The van der Waals surface area contributed by atoms with Crippen LogP contribution in [0.5, 0.6) is 0 Å². The molecule has 0 amide bonds. The van der Waals surface area contributed by atoms with Crippen molar-refractivity contribution in [2.75, 3.05) is 7.05 Å². The number of rotatable bonds is 4. The third kappa shape index (κ3) is 4.53. The average Bonchev–Trinajstić information content (AvgIpc) is 2.80. The molecule has 142 valence electrons. The summed E-state index contributed by atoms with van der Waals surface area (Å²) < 4.78 is 54.1. The molecule has 0 radical (unpaired) electrons. The van der Waals surface area contributed by atoms with E-state index in [4.69, 9.17) is 0 Å². The molecule has 1 aromatic heterocycles. The Morgan fingerprint density at radius 1 is 1.19 bits per heavy atom. The number of halogens is 4. The maximum Gasteiger partial charge on any atom is 0.416 e. The standard InChI is InChI=1S/C17H21F4N5/c1-10-14(11(2)26(4)25-10)9-24-16(22-3)23-8-12-5-6-13(18)7-15(12)17(19,20)21/h5-7H,8-9H2,1-4H3,(H2,22,23,24). The van der Waals surface area contributed by atoms with Crippen LogP contribution in [-0.4, -0.2) is 22.8 Å². The normalized spacial score (nSPS) is 12.4. The number of benzene rings is 1. The zero-order chi connectivity index (χ0) is 19.5. The highest BCUT2D eigenvalue weighted by Gasteiger charge is 2.33. The number of nitrogens with zero attached hydrogens (tertiary/aromatic N) is 3. The zero-order valence-electron chi connectivity index (χ0n) is 15.0. The summed E-state index contributed by atoms with van der Waals surface area (Å²) in [5, 5.41) is 10.2. The first-order valence-electron chi connectivity index (χ1n) is 7.92. The molecule has 5 nitrogen and oxygen atoms in total. The van der Waals surface area contributed by atoms with Gasteiger partial charge in [0.15, 0.2) is 5.96 Å². The Morgan fingerprint density at radius 2 is 1.85 bits per heavy atom. The van der Waals surface area contributed by atoms with Gasteiger partial charge >= 0.3 is 6.18 Å². The Balaban J connectivity index is 2.06. The van der Waals surface area contributed by atoms with Crippen LogP contribution < -0.4 is 10.6 Å². The molecule has 2 rings (SSSR count). The lowest BCUT2D eigenvalue weighted by Gasteiger charge is -2.16. The van der Waals surface area contributed by atoms with Gasteiger partial charge in [0.25, 0.3) is 0 Å². The van der Waals surface area contributed by atoms with Gasteiger partial charge in [-0.1, -0.05) is 6.07 Å². The summed E-state index contributed by atoms with van der Waals surface area (Å²) >= 11 is 0. The Bertz CT molecular complexity index is 808. The molecule has 2 aromatic rings. The number of aromatic nitrogens is 2. The lowest BCUT2D eigenvalue weighted by atomic mass is 10.1. The highest BCUT2D eigenvalue weighted by atomic mass is 19.4. The number of hydrogen-bond donors (Lipinski definition) is 2. The fraction of sp³-hybridized carbons (Fsp3) is 0.412. The molecular weight excluding hydrogens is 350 g/mol. The lowest BCUT2D eigenvalue weighted by Crippen LogP contribution is -2.37. The van der Waals surface area contributed by atoms with Gasteiger partial charge in [-0.2, -0.15) is 18.3 Å². The number of alkyl halides is 3. The van der Waals surface area contributed by atoms with Crippen molar-refractivity contribution in [2.24, 2.45) is 12.0 Å². The van der Waals surface area contributed by atoms with Crippen LogP contribution in [0, 0.1) is 19.7 Å². The molecule has 0 saturated carbocycles. The number of aliphatic imine (C=N–C) groups is 1. The maximum atomic E-state index is 13.2. The van der Waals surface area contributed by atoms with E-state index < -0.39 is 17.6 Å². The van der Waals surface area contributed by atoms with Gasteiger partial charge in [-0.05, 0) is 31.5 Å². The summed E-state index contributed by atoms with van der Waals surface area (Å²) in [6, 6.07) is 2.62. The molecule has 0 fully saturated rings. The molecule has 0 saturated heterocycles. The topological polar surface area (TPSA) is 54.2 Å². The van der Waals surface area contributed by atoms with Crippen molar-refractivity contribution in [3.05, 3.63) is 52.1 Å². The minimum absolute atomic E-state index is 0.0596. The van der Waals surface area contributed by atoms with Gasteiger partial charge in [-0.3, -0.25) is 9.67 Å². The van der Waals surface area contributed by atoms with Crippen LogP contribution in [0.4, 0.5) is 17.6 Å². The van der Waals surface area contributed by atoms with E-state index in [1.165, 1.54) is 7.05 Å². The fourth-order valence-corrected chi connectivity index (χ4v) is 2.61. The molecule has 0 unspecified atom stereocenters. The summed E-state index contributed by atoms with van der Waals surface area (Å²) in [6.07, 6.45) is -4.63. The van der Waals surface area contributed by atoms with Crippen LogP contribution in [0.2, 0.25) is 0 Å². The predicted octanol–water partition coefficient (Wildman–Crippen LogP) is 3.06. The molecular formula is C17H21F4N5. The molecule has 0 aliphatic carbocycles. The Kier molecular flexibility index (Phi) is 5.89. The molecule has 9 heteroatoms. The third-order valence-corrected chi connectivity index (χ3v) is 4.14. The summed E-state index contributed by atoms with van der Waals surface area (Å²) in [5.74, 6) is -0.587. The summed E-state index contributed by atoms with van der Waals surface area (Å²) in [5.41, 5.74) is 1.79. The monoisotopic (exact) mass is 371 g/mol. The number of nitrogens with one attached hydrogen (secondary N) is 2. The largest absolute Gasteiger partial charge is 0.416 e. The molecule has 1 heterocycles. The van der Waals surface area contributed by atoms with Crippen LogP contribution >= 0.6 is 0 Å². The molecule has 0 aliphatic rings. The highest BCUT2D eigenvalue weighted by molar-refractivity contribution is 5.79. The van der Waals surface area contributed by atoms with E-state index in [1.54, 1.807) is 4.68 Å². The molecule has 0 spiro atoms. The Morgan fingerprint density at radius 3 is 2.38 bits per heavy atom. The van der Waals surface area contributed by atoms with Gasteiger partial charge in [-0.15, -0.1) is 0 Å². The second-order valence-electron chi connectivity index (χ2n) is 5.85. The van der Waals surface area contributed by atoms with Gasteiger partial charge in [0.05, 0.1) is 11.3 Å². The van der Waals surface area contributed by atoms with E-state index in [2.05, 4.69) is 20.7 Å². The smallest absolute Gasteiger partial charge is 0.352 e. The first-order chi connectivity index (χ1) is 12.1. The van der Waals surface area contributed by atoms with Gasteiger partial charge in [0.2, 0.25) is 0 Å². The second kappa shape index (κ2) is 7.76. The summed E-state index contributed by atoms with van der Waals surface area (Å²) in [4.78, 5) is 4.01. The summed E-state index contributed by atoms with van der Waals surface area (Å²) in [7, 11) is 3.36. The third-order valence-electron chi connectivity index (χ3n) is 4.14. The van der Waals surface area contributed by atoms with Crippen LogP contribution in [0.25, 0.3) is 0 Å². The van der Waals surface area contributed by atoms with Crippen LogP contribution in [0.3, 0.4) is 0 Å². The maximum absolute atomic E-state index is 13.2. The van der Waals surface area contributed by atoms with Crippen LogP contribution in [0.1, 0.15) is 28.1 Å². The molecule has 2 N–H and O–H groups in total. The molecule has 1 aromatic carbocycles. The van der Waals surface area contributed by atoms with Crippen molar-refractivity contribution in [3.63, 3.8) is 0 Å². The molecule has 26 heavy (non-hydrogen) atoms. The van der Waals surface area contributed by atoms with E-state index in [9.17, 15) is 17.6 Å². The van der Waals surface area contributed by atoms with Crippen LogP contribution in [-0.2, 0) is 26.3 Å². The Hall–Kier alpha value is -2.58. The van der Waals surface area contributed by atoms with Gasteiger partial charge in [-0.25, -0.2) is 4.39 Å². The SMILES string of the molecule is CN=C(NCc1ccc(F)cc1C(F)(F)F)NCc1c(C)nn(C)c1C.